The van der Waals surface area contributed by atoms with Crippen molar-refractivity contribution in [1.29, 1.82) is 0 Å². The quantitative estimate of drug-likeness (QED) is 0.0364. The van der Waals surface area contributed by atoms with Crippen molar-refractivity contribution in [3.05, 3.63) is 71.3 Å². The van der Waals surface area contributed by atoms with E-state index in [1.54, 1.807) is 0 Å². The van der Waals surface area contributed by atoms with E-state index in [1.807, 2.05) is 0 Å². The highest BCUT2D eigenvalue weighted by atomic mass is 16.5. The Hall–Kier alpha value is -5.13. The van der Waals surface area contributed by atoms with Gasteiger partial charge in [0.25, 0.3) is 0 Å². The van der Waals surface area contributed by atoms with Gasteiger partial charge in [0.15, 0.2) is 0 Å². The number of rotatable bonds is 108. The smallest absolute Gasteiger partial charge is 0.229 e. The normalized spacial score (nSPS) is 11.5. The fourth-order valence-corrected chi connectivity index (χ4v) is 19.4. The van der Waals surface area contributed by atoms with Crippen LogP contribution in [0.4, 0.5) is 17.8 Å². The van der Waals surface area contributed by atoms with Crippen LogP contribution < -0.4 is 44.4 Å². The van der Waals surface area contributed by atoms with Gasteiger partial charge in [-0.3, -0.25) is 0 Å². The van der Waals surface area contributed by atoms with Crippen molar-refractivity contribution in [1.82, 2.24) is 15.0 Å². The Morgan fingerprint density at radius 2 is 0.296 bits per heavy atom. The highest BCUT2D eigenvalue weighted by Gasteiger charge is 2.16. The summed E-state index contributed by atoms with van der Waals surface area (Å²) < 4.78 is 40.0. The molecule has 12 heteroatoms. The molecule has 1 heterocycles. The molecule has 0 atom stereocenters. The third kappa shape index (κ3) is 75.4. The van der Waals surface area contributed by atoms with Gasteiger partial charge >= 0.3 is 0 Å². The molecule has 1 aromatic heterocycles. The van der Waals surface area contributed by atoms with E-state index in [2.05, 4.69) is 112 Å². The molecular weight excluding hydrogens is 1660 g/mol. The zero-order chi connectivity index (χ0) is 95.7. The Bertz CT molecular complexity index is 2790. The number of ether oxygens (including phenoxy) is 6. The van der Waals surface area contributed by atoms with Crippen LogP contribution in [0.2, 0.25) is 0 Å². The monoisotopic (exact) mass is 1880 g/mol. The van der Waals surface area contributed by atoms with Crippen LogP contribution in [0.1, 0.15) is 598 Å². The first-order valence-electron chi connectivity index (χ1n) is 60.1. The first-order valence-corrected chi connectivity index (χ1v) is 60.1. The summed E-state index contributed by atoms with van der Waals surface area (Å²) in [6.45, 7) is 20.0. The van der Waals surface area contributed by atoms with Crippen molar-refractivity contribution in [2.75, 3.05) is 75.2 Å². The average molecular weight is 1880 g/mol. The molecule has 3 aromatic carbocycles. The maximum absolute atomic E-state index is 6.74. The van der Waals surface area contributed by atoms with E-state index in [-0.39, 0.29) is 0 Å². The summed E-state index contributed by atoms with van der Waals surface area (Å²) in [6.07, 6.45) is 115. The number of anilines is 3. The molecular formula is C123H222N6O6. The Labute approximate surface area is 837 Å². The van der Waals surface area contributed by atoms with Crippen LogP contribution in [0.3, 0.4) is 0 Å². The van der Waals surface area contributed by atoms with Gasteiger partial charge in [-0.15, -0.1) is 0 Å². The van der Waals surface area contributed by atoms with Crippen molar-refractivity contribution in [3.63, 3.8) is 0 Å². The SMILES string of the molecule is CCCCCCCCCCCCCCCCOc1ccc(OCCCCCCCCCCCCCCCC)c(CCNc2nc(NCCc3cc(OCCCCCCCCCCCCCCCC)ccc3OCCCCCCCCCCCCCCCC)nc(NCCc3cc(OCCCCCCCCCCCCCCCC)ccc3OCCCCCCCCCCCCCCCC)n2)c1. The minimum absolute atomic E-state index is 0.525. The van der Waals surface area contributed by atoms with Crippen molar-refractivity contribution in [2.45, 2.75) is 600 Å². The number of hydrogen-bond acceptors (Lipinski definition) is 12. The molecule has 0 aliphatic rings. The lowest BCUT2D eigenvalue weighted by Gasteiger charge is -2.16. The lowest BCUT2D eigenvalue weighted by molar-refractivity contribution is 0.293. The van der Waals surface area contributed by atoms with Crippen molar-refractivity contribution in [2.24, 2.45) is 0 Å². The maximum atomic E-state index is 6.74. The topological polar surface area (TPSA) is 130 Å². The number of aromatic nitrogens is 3. The molecule has 0 saturated heterocycles. The van der Waals surface area contributed by atoms with Crippen LogP contribution in [-0.2, 0) is 19.3 Å². The third-order valence-electron chi connectivity index (χ3n) is 28.3. The number of nitrogens with zero attached hydrogens (tertiary/aromatic N) is 3. The summed E-state index contributed by atoms with van der Waals surface area (Å²) in [4.78, 5) is 15.5. The van der Waals surface area contributed by atoms with Gasteiger partial charge in [0.05, 0.1) is 39.6 Å². The second-order valence-electron chi connectivity index (χ2n) is 41.3. The molecule has 0 saturated carbocycles. The lowest BCUT2D eigenvalue weighted by atomic mass is 10.0. The van der Waals surface area contributed by atoms with Crippen LogP contribution in [0.25, 0.3) is 0 Å². The molecule has 135 heavy (non-hydrogen) atoms. The minimum Gasteiger partial charge on any atom is -0.494 e. The molecule has 0 spiro atoms. The molecule has 0 radical (unpaired) electrons. The van der Waals surface area contributed by atoms with Crippen LogP contribution in [0.5, 0.6) is 34.5 Å². The summed E-state index contributed by atoms with van der Waals surface area (Å²) in [5.74, 6) is 7.14. The van der Waals surface area contributed by atoms with Gasteiger partial charge in [0.2, 0.25) is 17.8 Å². The van der Waals surface area contributed by atoms with Gasteiger partial charge in [-0.1, -0.05) is 542 Å². The fourth-order valence-electron chi connectivity index (χ4n) is 19.4. The lowest BCUT2D eigenvalue weighted by Crippen LogP contribution is -2.16. The molecule has 4 rings (SSSR count). The summed E-state index contributed by atoms with van der Waals surface area (Å²) in [6, 6.07) is 19.6. The number of nitrogens with one attached hydrogen (secondary N) is 3. The van der Waals surface area contributed by atoms with Gasteiger partial charge in [-0.2, -0.15) is 15.0 Å². The molecule has 780 valence electrons. The van der Waals surface area contributed by atoms with Crippen LogP contribution in [0.15, 0.2) is 54.6 Å². The Kier molecular flexibility index (Phi) is 87.2. The highest BCUT2D eigenvalue weighted by molar-refractivity contribution is 5.46. The first kappa shape index (κ1) is 122. The Balaban J connectivity index is 1.55. The van der Waals surface area contributed by atoms with E-state index in [0.29, 0.717) is 76.6 Å². The molecule has 0 amide bonds. The first-order chi connectivity index (χ1) is 67.0. The summed E-state index contributed by atoms with van der Waals surface area (Å²) in [5.41, 5.74) is 3.41. The zero-order valence-electron chi connectivity index (χ0n) is 90.4. The minimum atomic E-state index is 0.525. The van der Waals surface area contributed by atoms with E-state index in [0.717, 1.165) is 110 Å². The van der Waals surface area contributed by atoms with Crippen LogP contribution in [0, 0.1) is 0 Å². The average Bonchev–Trinajstić information content (AvgIpc) is 0.814. The van der Waals surface area contributed by atoms with Gasteiger partial charge in [0, 0.05) is 19.6 Å². The standard InChI is InChI=1S/C123H222N6O6/c1-7-13-19-25-31-37-43-49-55-61-67-73-79-85-103-130-115-91-94-118(133-106-88-82-76-70-64-58-52-46-40-34-28-22-16-10-4)112(109-115)97-100-124-121-127-122(125-101-98-113-110-116(131-104-86-80-74-68-62-56-50-44-38-32-26-20-14-8-2)92-95-119(113)134-107-89-83-77-71-65-59-53-47-41-35-29-23-17-11-5)129-123(128-121)126-102-99-114-111-117(132-105-87-81-75-69-63-57-51-45-39-33-27-21-15-9-3)93-96-120(114)135-108-90-84-78-72-66-60-54-48-42-36-30-24-18-12-6/h91-96,109-111H,7-90,97-108H2,1-6H3,(H3,124,125,126,127,128,129). The molecule has 0 aliphatic heterocycles. The van der Waals surface area contributed by atoms with Gasteiger partial charge in [-0.25, -0.2) is 0 Å². The van der Waals surface area contributed by atoms with Gasteiger partial charge in [0.1, 0.15) is 34.5 Å². The molecule has 0 unspecified atom stereocenters. The fraction of sp³-hybridized carbons (Fsp3) is 0.829. The molecule has 0 fully saturated rings. The molecule has 12 nitrogen and oxygen atoms in total. The second-order valence-corrected chi connectivity index (χ2v) is 41.3. The van der Waals surface area contributed by atoms with E-state index in [4.69, 9.17) is 43.4 Å². The summed E-state index contributed by atoms with van der Waals surface area (Å²) >= 11 is 0. The third-order valence-corrected chi connectivity index (χ3v) is 28.3. The summed E-state index contributed by atoms with van der Waals surface area (Å²) in [7, 11) is 0. The predicted molar refractivity (Wildman–Crippen MR) is 591 cm³/mol. The zero-order valence-corrected chi connectivity index (χ0v) is 90.4. The number of benzene rings is 3. The Morgan fingerprint density at radius 3 is 0.444 bits per heavy atom. The largest absolute Gasteiger partial charge is 0.494 e. The molecule has 4 aromatic rings. The number of unbranched alkanes of at least 4 members (excludes halogenated alkanes) is 78. The summed E-state index contributed by atoms with van der Waals surface area (Å²) in [5, 5.41) is 11.1. The van der Waals surface area contributed by atoms with Crippen LogP contribution >= 0.6 is 0 Å². The van der Waals surface area contributed by atoms with Gasteiger partial charge < -0.3 is 44.4 Å². The molecule has 3 N–H and O–H groups in total. The maximum Gasteiger partial charge on any atom is 0.229 e. The number of hydrogen-bond donors (Lipinski definition) is 3. The van der Waals surface area contributed by atoms with E-state index in [1.165, 1.54) is 501 Å². The van der Waals surface area contributed by atoms with Gasteiger partial charge in [-0.05, 0) is 129 Å². The van der Waals surface area contributed by atoms with E-state index in [9.17, 15) is 0 Å². The van der Waals surface area contributed by atoms with Crippen LogP contribution in [-0.4, -0.2) is 74.2 Å². The predicted octanol–water partition coefficient (Wildman–Crippen LogP) is 40.0. The second kappa shape index (κ2) is 96.4. The van der Waals surface area contributed by atoms with Crippen molar-refractivity contribution >= 4 is 17.8 Å². The van der Waals surface area contributed by atoms with Crippen molar-refractivity contribution < 1.29 is 28.4 Å². The van der Waals surface area contributed by atoms with Crippen molar-refractivity contribution in [3.8, 4) is 34.5 Å². The molecule has 0 bridgehead atoms. The van der Waals surface area contributed by atoms with E-state index < -0.39 is 0 Å². The Morgan fingerprint density at radius 1 is 0.163 bits per heavy atom. The van der Waals surface area contributed by atoms with E-state index >= 15 is 0 Å². The highest BCUT2D eigenvalue weighted by Crippen LogP contribution is 2.32. The molecule has 0 aliphatic carbocycles.